The molecule has 0 atom stereocenters. The molecule has 4 nitrogen and oxygen atoms in total. The van der Waals surface area contributed by atoms with E-state index in [0.717, 1.165) is 30.2 Å². The van der Waals surface area contributed by atoms with Crippen LogP contribution >= 0.6 is 0 Å². The zero-order chi connectivity index (χ0) is 21.9. The van der Waals surface area contributed by atoms with Crippen molar-refractivity contribution in [1.29, 1.82) is 0 Å². The summed E-state index contributed by atoms with van der Waals surface area (Å²) >= 11 is 0. The third-order valence-corrected chi connectivity index (χ3v) is 7.15. The van der Waals surface area contributed by atoms with Crippen LogP contribution in [0.2, 0.25) is 0 Å². The van der Waals surface area contributed by atoms with E-state index < -0.39 is 10.0 Å². The molecule has 1 N–H and O–H groups in total. The molecule has 0 amide bonds. The second-order valence-electron chi connectivity index (χ2n) is 8.17. The van der Waals surface area contributed by atoms with Crippen molar-refractivity contribution in [2.75, 3.05) is 4.72 Å². The summed E-state index contributed by atoms with van der Waals surface area (Å²) in [5, 5.41) is 0.908. The minimum atomic E-state index is -3.69. The minimum absolute atomic E-state index is 0.363. The lowest BCUT2D eigenvalue weighted by Crippen LogP contribution is -2.15. The van der Waals surface area contributed by atoms with Gasteiger partial charge in [0.1, 0.15) is 0 Å². The number of aromatic nitrogens is 1. The van der Waals surface area contributed by atoms with Gasteiger partial charge in [-0.1, -0.05) is 94.7 Å². The fraction of sp³-hybridized carbons (Fsp3) is 0.423. The van der Waals surface area contributed by atoms with Gasteiger partial charge in [0.2, 0.25) is 0 Å². The number of rotatable bonds is 13. The van der Waals surface area contributed by atoms with E-state index in [0.29, 0.717) is 16.1 Å². The van der Waals surface area contributed by atoms with Gasteiger partial charge in [0.15, 0.2) is 0 Å². The Kier molecular flexibility index (Phi) is 8.89. The van der Waals surface area contributed by atoms with Gasteiger partial charge in [-0.05, 0) is 36.6 Å². The topological polar surface area (TPSA) is 59.1 Å². The summed E-state index contributed by atoms with van der Waals surface area (Å²) in [7, 11) is -3.69. The number of aryl methyl sites for hydroxylation is 1. The van der Waals surface area contributed by atoms with E-state index in [4.69, 9.17) is 0 Å². The van der Waals surface area contributed by atoms with Gasteiger partial charge in [0, 0.05) is 11.6 Å². The van der Waals surface area contributed by atoms with Crippen LogP contribution in [0.4, 0.5) is 5.69 Å². The highest BCUT2D eigenvalue weighted by Crippen LogP contribution is 2.26. The molecule has 166 valence electrons. The number of anilines is 1. The zero-order valence-electron chi connectivity index (χ0n) is 18.5. The van der Waals surface area contributed by atoms with Crippen LogP contribution in [0.25, 0.3) is 10.9 Å². The number of hydrogen-bond donors (Lipinski definition) is 1. The molecule has 5 heteroatoms. The first-order valence-corrected chi connectivity index (χ1v) is 13.0. The maximum Gasteiger partial charge on any atom is 0.262 e. The number of unbranched alkanes of at least 4 members (excludes halogenated alkanes) is 8. The van der Waals surface area contributed by atoms with Crippen molar-refractivity contribution >= 4 is 26.6 Å². The average molecular weight is 439 g/mol. The van der Waals surface area contributed by atoms with Crippen LogP contribution < -0.4 is 4.72 Å². The number of benzene rings is 2. The summed E-state index contributed by atoms with van der Waals surface area (Å²) in [5.41, 5.74) is 2.05. The summed E-state index contributed by atoms with van der Waals surface area (Å²) in [6.07, 6.45) is 13.7. The third kappa shape index (κ3) is 6.79. The molecule has 0 saturated heterocycles. The van der Waals surface area contributed by atoms with Gasteiger partial charge in [-0.3, -0.25) is 9.71 Å². The van der Waals surface area contributed by atoms with Gasteiger partial charge in [-0.15, -0.1) is 0 Å². The van der Waals surface area contributed by atoms with E-state index in [1.165, 1.54) is 44.9 Å². The zero-order valence-corrected chi connectivity index (χ0v) is 19.3. The number of sulfonamides is 1. The average Bonchev–Trinajstić information content (AvgIpc) is 2.78. The number of nitrogens with zero attached hydrogens (tertiary/aromatic N) is 1. The number of hydrogen-bond acceptors (Lipinski definition) is 3. The van der Waals surface area contributed by atoms with Crippen molar-refractivity contribution in [3.8, 4) is 0 Å². The SMILES string of the molecule is CCCCCCCCCCCc1ccccc1S(=O)(=O)Nc1cccc2cccnc12. The molecule has 31 heavy (non-hydrogen) atoms. The molecule has 1 heterocycles. The third-order valence-electron chi connectivity index (χ3n) is 5.69. The molecule has 0 aliphatic rings. The van der Waals surface area contributed by atoms with E-state index in [2.05, 4.69) is 16.6 Å². The van der Waals surface area contributed by atoms with Crippen LogP contribution in [0.1, 0.15) is 70.3 Å². The minimum Gasteiger partial charge on any atom is -0.277 e. The molecule has 1 aromatic heterocycles. The van der Waals surface area contributed by atoms with E-state index in [1.807, 2.05) is 36.4 Å². The molecule has 0 fully saturated rings. The summed E-state index contributed by atoms with van der Waals surface area (Å²) in [6.45, 7) is 2.24. The fourth-order valence-electron chi connectivity index (χ4n) is 3.98. The van der Waals surface area contributed by atoms with Crippen LogP contribution in [-0.4, -0.2) is 13.4 Å². The second-order valence-corrected chi connectivity index (χ2v) is 9.82. The van der Waals surface area contributed by atoms with Gasteiger partial charge in [0.05, 0.1) is 16.1 Å². The Bertz CT molecular complexity index is 1060. The highest BCUT2D eigenvalue weighted by atomic mass is 32.2. The first-order chi connectivity index (χ1) is 15.1. The number of pyridine rings is 1. The maximum absolute atomic E-state index is 13.2. The molecule has 3 aromatic rings. The van der Waals surface area contributed by atoms with E-state index in [9.17, 15) is 8.42 Å². The van der Waals surface area contributed by atoms with E-state index in [1.54, 1.807) is 24.4 Å². The van der Waals surface area contributed by atoms with Crippen LogP contribution in [0.3, 0.4) is 0 Å². The maximum atomic E-state index is 13.2. The molecule has 3 rings (SSSR count). The van der Waals surface area contributed by atoms with Crippen molar-refractivity contribution < 1.29 is 8.42 Å². The standard InChI is InChI=1S/C26H34N2O2S/c1-2-3-4-5-6-7-8-9-10-15-22-16-11-12-20-25(22)31(29,30)28-24-19-13-17-23-18-14-21-27-26(23)24/h11-14,16-21,28H,2-10,15H2,1H3. The Labute approximate surface area is 187 Å². The normalized spacial score (nSPS) is 11.6. The predicted molar refractivity (Wildman–Crippen MR) is 130 cm³/mol. The Morgan fingerprint density at radius 2 is 1.45 bits per heavy atom. The number of fused-ring (bicyclic) bond motifs is 1. The van der Waals surface area contributed by atoms with Crippen LogP contribution in [0, 0.1) is 0 Å². The van der Waals surface area contributed by atoms with Gasteiger partial charge >= 0.3 is 0 Å². The molecule has 0 aliphatic carbocycles. The van der Waals surface area contributed by atoms with Gasteiger partial charge in [0.25, 0.3) is 10.0 Å². The largest absolute Gasteiger partial charge is 0.277 e. The summed E-state index contributed by atoms with van der Waals surface area (Å²) in [6, 6.07) is 16.6. The molecule has 2 aromatic carbocycles. The summed E-state index contributed by atoms with van der Waals surface area (Å²) in [4.78, 5) is 4.72. The molecule has 0 saturated carbocycles. The van der Waals surface area contributed by atoms with Gasteiger partial charge < -0.3 is 0 Å². The van der Waals surface area contributed by atoms with Crippen molar-refractivity contribution in [3.05, 3.63) is 66.4 Å². The van der Waals surface area contributed by atoms with Gasteiger partial charge in [-0.2, -0.15) is 0 Å². The number of para-hydroxylation sites is 1. The Morgan fingerprint density at radius 3 is 2.23 bits per heavy atom. The van der Waals surface area contributed by atoms with E-state index in [-0.39, 0.29) is 0 Å². The van der Waals surface area contributed by atoms with Crippen molar-refractivity contribution in [1.82, 2.24) is 4.98 Å². The molecular formula is C26H34N2O2S. The van der Waals surface area contributed by atoms with E-state index >= 15 is 0 Å². The quantitative estimate of drug-likeness (QED) is 0.289. The highest BCUT2D eigenvalue weighted by Gasteiger charge is 2.19. The predicted octanol–water partition coefficient (Wildman–Crippen LogP) is 7.11. The van der Waals surface area contributed by atoms with Crippen molar-refractivity contribution in [2.45, 2.75) is 76.0 Å². The van der Waals surface area contributed by atoms with Gasteiger partial charge in [-0.25, -0.2) is 8.42 Å². The molecule has 0 radical (unpaired) electrons. The molecular weight excluding hydrogens is 404 g/mol. The van der Waals surface area contributed by atoms with Crippen molar-refractivity contribution in [3.63, 3.8) is 0 Å². The molecule has 0 unspecified atom stereocenters. The number of nitrogens with one attached hydrogen (secondary N) is 1. The Hall–Kier alpha value is -2.40. The fourth-order valence-corrected chi connectivity index (χ4v) is 5.32. The highest BCUT2D eigenvalue weighted by molar-refractivity contribution is 7.92. The monoisotopic (exact) mass is 438 g/mol. The lowest BCUT2D eigenvalue weighted by molar-refractivity contribution is 0.563. The smallest absolute Gasteiger partial charge is 0.262 e. The van der Waals surface area contributed by atoms with Crippen LogP contribution in [0.5, 0.6) is 0 Å². The molecule has 0 aliphatic heterocycles. The molecule has 0 spiro atoms. The second kappa shape index (κ2) is 11.8. The summed E-state index contributed by atoms with van der Waals surface area (Å²) < 4.78 is 29.1. The Morgan fingerprint density at radius 1 is 0.774 bits per heavy atom. The first kappa shape index (κ1) is 23.3. The van der Waals surface area contributed by atoms with Crippen LogP contribution in [0.15, 0.2) is 65.7 Å². The first-order valence-electron chi connectivity index (χ1n) is 11.6. The lowest BCUT2D eigenvalue weighted by atomic mass is 10.0. The Balaban J connectivity index is 1.60. The summed E-state index contributed by atoms with van der Waals surface area (Å²) in [5.74, 6) is 0. The lowest BCUT2D eigenvalue weighted by Gasteiger charge is -2.13. The van der Waals surface area contributed by atoms with Crippen LogP contribution in [-0.2, 0) is 16.4 Å². The van der Waals surface area contributed by atoms with Crippen molar-refractivity contribution in [2.24, 2.45) is 0 Å². The molecule has 0 bridgehead atoms.